The van der Waals surface area contributed by atoms with E-state index < -0.39 is 0 Å². The van der Waals surface area contributed by atoms with E-state index in [-0.39, 0.29) is 5.97 Å². The van der Waals surface area contributed by atoms with Gasteiger partial charge in [0.15, 0.2) is 0 Å². The van der Waals surface area contributed by atoms with E-state index in [0.717, 1.165) is 21.7 Å². The van der Waals surface area contributed by atoms with Crippen LogP contribution in [0.2, 0.25) is 5.02 Å². The summed E-state index contributed by atoms with van der Waals surface area (Å²) in [6.45, 7) is 3.70. The molecule has 0 saturated heterocycles. The van der Waals surface area contributed by atoms with Crippen molar-refractivity contribution in [2.75, 3.05) is 12.4 Å². The lowest BCUT2D eigenvalue weighted by molar-refractivity contribution is -0.137. The first kappa shape index (κ1) is 12.1. The number of ether oxygens (including phenoxy) is 1. The first-order chi connectivity index (χ1) is 7.22. The Labute approximate surface area is 98.3 Å². The molecule has 0 fully saturated rings. The minimum atomic E-state index is -0.383. The summed E-state index contributed by atoms with van der Waals surface area (Å²) in [5.74, 6) is 0.341. The van der Waals surface area contributed by atoms with Gasteiger partial charge in [-0.3, -0.25) is 0 Å². The van der Waals surface area contributed by atoms with Crippen molar-refractivity contribution < 1.29 is 9.53 Å². The molecular weight excluding hydrogens is 232 g/mol. The van der Waals surface area contributed by atoms with Crippen LogP contribution in [0, 0.1) is 0 Å². The largest absolute Gasteiger partial charge is 0.462 e. The van der Waals surface area contributed by atoms with E-state index in [1.54, 1.807) is 11.8 Å². The van der Waals surface area contributed by atoms with Gasteiger partial charge in [-0.25, -0.2) is 4.79 Å². The second-order valence-electron chi connectivity index (χ2n) is 2.67. The van der Waals surface area contributed by atoms with Crippen LogP contribution in [0.5, 0.6) is 0 Å². The Morgan fingerprint density at radius 1 is 1.47 bits per heavy atom. The van der Waals surface area contributed by atoms with Gasteiger partial charge in [-0.15, -0.1) is 11.8 Å². The molecule has 1 aromatic carbocycles. The molecule has 0 aromatic heterocycles. The molecule has 0 saturated carbocycles. The number of rotatable bonds is 5. The summed E-state index contributed by atoms with van der Waals surface area (Å²) in [6, 6.07) is 7.53. The van der Waals surface area contributed by atoms with E-state index >= 15 is 0 Å². The molecule has 80 valence electrons. The SMILES string of the molecule is C=CC(=O)OCCSc1ccc(Cl)cc1. The van der Waals surface area contributed by atoms with Gasteiger partial charge in [-0.2, -0.15) is 0 Å². The Kier molecular flexibility index (Phi) is 5.29. The number of esters is 1. The maximum absolute atomic E-state index is 10.7. The zero-order valence-corrected chi connectivity index (χ0v) is 9.68. The predicted molar refractivity (Wildman–Crippen MR) is 63.3 cm³/mol. The molecule has 1 rings (SSSR count). The molecular formula is C11H11ClO2S. The first-order valence-corrected chi connectivity index (χ1v) is 5.76. The smallest absolute Gasteiger partial charge is 0.330 e. The Bertz CT molecular complexity index is 335. The molecule has 0 spiro atoms. The van der Waals surface area contributed by atoms with Gasteiger partial charge in [-0.1, -0.05) is 18.2 Å². The Morgan fingerprint density at radius 3 is 2.73 bits per heavy atom. The van der Waals surface area contributed by atoms with Crippen molar-refractivity contribution in [3.05, 3.63) is 41.9 Å². The molecule has 0 amide bonds. The van der Waals surface area contributed by atoms with E-state index in [1.807, 2.05) is 24.3 Å². The van der Waals surface area contributed by atoms with Crippen LogP contribution in [0.4, 0.5) is 0 Å². The average Bonchev–Trinajstić information content (AvgIpc) is 2.26. The standard InChI is InChI=1S/C11H11ClO2S/c1-2-11(13)14-7-8-15-10-5-3-9(12)4-6-10/h2-6H,1,7-8H2. The van der Waals surface area contributed by atoms with Crippen LogP contribution >= 0.6 is 23.4 Å². The molecule has 0 heterocycles. The van der Waals surface area contributed by atoms with E-state index in [2.05, 4.69) is 6.58 Å². The number of carbonyl (C=O) groups is 1. The highest BCUT2D eigenvalue weighted by atomic mass is 35.5. The number of hydrogen-bond donors (Lipinski definition) is 0. The highest BCUT2D eigenvalue weighted by molar-refractivity contribution is 7.99. The summed E-state index contributed by atoms with van der Waals surface area (Å²) < 4.78 is 4.83. The molecule has 0 aliphatic heterocycles. The third-order valence-corrected chi connectivity index (χ3v) is 2.80. The number of benzene rings is 1. The number of thioether (sulfide) groups is 1. The third-order valence-electron chi connectivity index (χ3n) is 1.58. The number of carbonyl (C=O) groups excluding carboxylic acids is 1. The average molecular weight is 243 g/mol. The van der Waals surface area contributed by atoms with Crippen molar-refractivity contribution in [3.63, 3.8) is 0 Å². The summed E-state index contributed by atoms with van der Waals surface area (Å²) in [5.41, 5.74) is 0. The van der Waals surface area contributed by atoms with Crippen molar-refractivity contribution in [2.24, 2.45) is 0 Å². The van der Waals surface area contributed by atoms with Gasteiger partial charge >= 0.3 is 5.97 Å². The molecule has 0 aliphatic carbocycles. The maximum atomic E-state index is 10.7. The van der Waals surface area contributed by atoms with E-state index in [4.69, 9.17) is 16.3 Å². The zero-order valence-electron chi connectivity index (χ0n) is 8.11. The second kappa shape index (κ2) is 6.53. The van der Waals surface area contributed by atoms with Crippen LogP contribution in [-0.2, 0) is 9.53 Å². The van der Waals surface area contributed by atoms with Crippen LogP contribution in [0.15, 0.2) is 41.8 Å². The van der Waals surface area contributed by atoms with Crippen molar-refractivity contribution in [1.29, 1.82) is 0 Å². The number of halogens is 1. The lowest BCUT2D eigenvalue weighted by atomic mass is 10.4. The maximum Gasteiger partial charge on any atom is 0.330 e. The van der Waals surface area contributed by atoms with Gasteiger partial charge in [0, 0.05) is 21.7 Å². The summed E-state index contributed by atoms with van der Waals surface area (Å²) >= 11 is 7.36. The van der Waals surface area contributed by atoms with E-state index in [1.165, 1.54) is 0 Å². The fraction of sp³-hybridized carbons (Fsp3) is 0.182. The fourth-order valence-corrected chi connectivity index (χ4v) is 1.75. The highest BCUT2D eigenvalue weighted by Crippen LogP contribution is 2.19. The van der Waals surface area contributed by atoms with E-state index in [0.29, 0.717) is 6.61 Å². The minimum absolute atomic E-state index is 0.383. The second-order valence-corrected chi connectivity index (χ2v) is 4.28. The molecule has 4 heteroatoms. The molecule has 0 N–H and O–H groups in total. The molecule has 0 atom stereocenters. The molecule has 0 radical (unpaired) electrons. The molecule has 0 unspecified atom stereocenters. The van der Waals surface area contributed by atoms with Crippen LogP contribution in [0.1, 0.15) is 0 Å². The molecule has 15 heavy (non-hydrogen) atoms. The van der Waals surface area contributed by atoms with Gasteiger partial charge < -0.3 is 4.74 Å². The minimum Gasteiger partial charge on any atom is -0.462 e. The van der Waals surface area contributed by atoms with Crippen LogP contribution in [0.3, 0.4) is 0 Å². The highest BCUT2D eigenvalue weighted by Gasteiger charge is 1.97. The third kappa shape index (κ3) is 4.91. The van der Waals surface area contributed by atoms with Gasteiger partial charge in [0.1, 0.15) is 6.61 Å². The number of hydrogen-bond acceptors (Lipinski definition) is 3. The van der Waals surface area contributed by atoms with Gasteiger partial charge in [0.2, 0.25) is 0 Å². The van der Waals surface area contributed by atoms with Crippen molar-refractivity contribution in [3.8, 4) is 0 Å². The molecule has 2 nitrogen and oxygen atoms in total. The lowest BCUT2D eigenvalue weighted by Gasteiger charge is -2.02. The Hall–Kier alpha value is -0.930. The monoisotopic (exact) mass is 242 g/mol. The van der Waals surface area contributed by atoms with Gasteiger partial charge in [-0.05, 0) is 24.3 Å². The Balaban J connectivity index is 2.23. The predicted octanol–water partition coefficient (Wildman–Crippen LogP) is 3.16. The molecule has 0 bridgehead atoms. The Morgan fingerprint density at radius 2 is 2.13 bits per heavy atom. The summed E-state index contributed by atoms with van der Waals surface area (Å²) in [7, 11) is 0. The quantitative estimate of drug-likeness (QED) is 0.343. The van der Waals surface area contributed by atoms with Gasteiger partial charge in [0.25, 0.3) is 0 Å². The molecule has 0 aliphatic rings. The van der Waals surface area contributed by atoms with Gasteiger partial charge in [0.05, 0.1) is 0 Å². The summed E-state index contributed by atoms with van der Waals surface area (Å²) in [6.07, 6.45) is 1.16. The van der Waals surface area contributed by atoms with Crippen molar-refractivity contribution in [1.82, 2.24) is 0 Å². The normalized spacial score (nSPS) is 9.67. The van der Waals surface area contributed by atoms with Crippen LogP contribution < -0.4 is 0 Å². The van der Waals surface area contributed by atoms with Crippen molar-refractivity contribution in [2.45, 2.75) is 4.90 Å². The van der Waals surface area contributed by atoms with Crippen molar-refractivity contribution >= 4 is 29.3 Å². The van der Waals surface area contributed by atoms with E-state index in [9.17, 15) is 4.79 Å². The van der Waals surface area contributed by atoms with Crippen LogP contribution in [0.25, 0.3) is 0 Å². The first-order valence-electron chi connectivity index (χ1n) is 4.40. The fourth-order valence-electron chi connectivity index (χ4n) is 0.892. The van der Waals surface area contributed by atoms with Crippen LogP contribution in [-0.4, -0.2) is 18.3 Å². The summed E-state index contributed by atoms with van der Waals surface area (Å²) in [5, 5.41) is 0.720. The summed E-state index contributed by atoms with van der Waals surface area (Å²) in [4.78, 5) is 11.8. The lowest BCUT2D eigenvalue weighted by Crippen LogP contribution is -2.03. The zero-order chi connectivity index (χ0) is 11.1. The topological polar surface area (TPSA) is 26.3 Å². The molecule has 1 aromatic rings.